The number of nitrogens with one attached hydrogen (secondary N) is 1. The van der Waals surface area contributed by atoms with Gasteiger partial charge in [-0.05, 0) is 30.3 Å². The van der Waals surface area contributed by atoms with Crippen LogP contribution in [0.4, 0.5) is 5.69 Å². The molecular formula is C13H11N3O2. The van der Waals surface area contributed by atoms with Crippen LogP contribution in [0, 0.1) is 0 Å². The van der Waals surface area contributed by atoms with Crippen molar-refractivity contribution in [3.05, 3.63) is 59.9 Å². The van der Waals surface area contributed by atoms with E-state index in [9.17, 15) is 4.79 Å². The summed E-state index contributed by atoms with van der Waals surface area (Å²) >= 11 is 0. The van der Waals surface area contributed by atoms with Crippen LogP contribution in [0.3, 0.4) is 0 Å². The van der Waals surface area contributed by atoms with Crippen molar-refractivity contribution in [2.75, 3.05) is 5.43 Å². The molecule has 1 aromatic heterocycles. The van der Waals surface area contributed by atoms with E-state index >= 15 is 0 Å². The van der Waals surface area contributed by atoms with Crippen LogP contribution in [0.5, 0.6) is 0 Å². The highest BCUT2D eigenvalue weighted by molar-refractivity contribution is 5.88. The number of nitrogens with zero attached hydrogens (tertiary/aromatic N) is 2. The molecule has 0 saturated heterocycles. The molecule has 0 unspecified atom stereocenters. The Hall–Kier alpha value is -2.69. The summed E-state index contributed by atoms with van der Waals surface area (Å²) in [7, 11) is 0. The van der Waals surface area contributed by atoms with Crippen molar-refractivity contribution in [1.82, 2.24) is 4.98 Å². The number of hydrogen-bond acceptors (Lipinski definition) is 4. The summed E-state index contributed by atoms with van der Waals surface area (Å²) < 4.78 is 0. The van der Waals surface area contributed by atoms with Crippen molar-refractivity contribution >= 4 is 17.9 Å². The Kier molecular flexibility index (Phi) is 3.66. The van der Waals surface area contributed by atoms with Crippen LogP contribution in [0.2, 0.25) is 0 Å². The summed E-state index contributed by atoms with van der Waals surface area (Å²) in [5.41, 5.74) is 4.66. The Labute approximate surface area is 104 Å². The minimum absolute atomic E-state index is 0.247. The van der Waals surface area contributed by atoms with E-state index in [1.165, 1.54) is 12.1 Å². The number of anilines is 1. The van der Waals surface area contributed by atoms with Gasteiger partial charge < -0.3 is 5.11 Å². The summed E-state index contributed by atoms with van der Waals surface area (Å²) in [6, 6.07) is 10.1. The van der Waals surface area contributed by atoms with E-state index in [0.717, 1.165) is 11.3 Å². The third-order valence-electron chi connectivity index (χ3n) is 2.22. The summed E-state index contributed by atoms with van der Waals surface area (Å²) in [5, 5.41) is 12.8. The van der Waals surface area contributed by atoms with E-state index in [4.69, 9.17) is 5.11 Å². The molecule has 90 valence electrons. The van der Waals surface area contributed by atoms with Gasteiger partial charge in [-0.25, -0.2) is 4.79 Å². The molecule has 18 heavy (non-hydrogen) atoms. The normalized spacial score (nSPS) is 10.4. The molecule has 5 heteroatoms. The molecule has 1 heterocycles. The lowest BCUT2D eigenvalue weighted by Gasteiger charge is -2.00. The van der Waals surface area contributed by atoms with Crippen molar-refractivity contribution in [2.24, 2.45) is 5.10 Å². The fraction of sp³-hybridized carbons (Fsp3) is 0. The maximum atomic E-state index is 10.7. The highest BCUT2D eigenvalue weighted by Crippen LogP contribution is 2.09. The van der Waals surface area contributed by atoms with Crippen molar-refractivity contribution in [1.29, 1.82) is 0 Å². The average Bonchev–Trinajstić information content (AvgIpc) is 2.40. The molecule has 2 N–H and O–H groups in total. The van der Waals surface area contributed by atoms with E-state index in [1.807, 2.05) is 12.1 Å². The first-order valence-corrected chi connectivity index (χ1v) is 5.28. The van der Waals surface area contributed by atoms with E-state index in [0.29, 0.717) is 0 Å². The number of hydrazone groups is 1. The maximum Gasteiger partial charge on any atom is 0.335 e. The minimum atomic E-state index is -0.944. The second-order valence-corrected chi connectivity index (χ2v) is 3.54. The topological polar surface area (TPSA) is 74.6 Å². The first-order valence-electron chi connectivity index (χ1n) is 5.28. The van der Waals surface area contributed by atoms with Crippen LogP contribution < -0.4 is 5.43 Å². The molecule has 2 aromatic rings. The van der Waals surface area contributed by atoms with Gasteiger partial charge >= 0.3 is 5.97 Å². The predicted octanol–water partition coefficient (Wildman–Crippen LogP) is 2.23. The molecule has 5 nitrogen and oxygen atoms in total. The predicted molar refractivity (Wildman–Crippen MR) is 68.9 cm³/mol. The van der Waals surface area contributed by atoms with Gasteiger partial charge in [-0.1, -0.05) is 6.07 Å². The molecule has 0 radical (unpaired) electrons. The lowest BCUT2D eigenvalue weighted by Crippen LogP contribution is -1.96. The second-order valence-electron chi connectivity index (χ2n) is 3.54. The van der Waals surface area contributed by atoms with E-state index < -0.39 is 5.97 Å². The Morgan fingerprint density at radius 3 is 2.67 bits per heavy atom. The SMILES string of the molecule is O=C(O)c1ccc(NN=Cc2cccnc2)cc1. The maximum absolute atomic E-state index is 10.7. The third-order valence-corrected chi connectivity index (χ3v) is 2.22. The Morgan fingerprint density at radius 2 is 2.06 bits per heavy atom. The number of carboxylic acids is 1. The van der Waals surface area contributed by atoms with Gasteiger partial charge in [0.15, 0.2) is 0 Å². The van der Waals surface area contributed by atoms with Crippen molar-refractivity contribution in [3.63, 3.8) is 0 Å². The monoisotopic (exact) mass is 241 g/mol. The van der Waals surface area contributed by atoms with Gasteiger partial charge in [0.25, 0.3) is 0 Å². The number of hydrogen-bond donors (Lipinski definition) is 2. The molecule has 0 atom stereocenters. The molecule has 0 fully saturated rings. The molecular weight excluding hydrogens is 230 g/mol. The van der Waals surface area contributed by atoms with Gasteiger partial charge in [0.05, 0.1) is 17.5 Å². The number of carboxylic acid groups (broad SMARTS) is 1. The molecule has 2 rings (SSSR count). The Bertz CT molecular complexity index is 550. The Morgan fingerprint density at radius 1 is 1.28 bits per heavy atom. The summed E-state index contributed by atoms with van der Waals surface area (Å²) in [5.74, 6) is -0.944. The smallest absolute Gasteiger partial charge is 0.335 e. The lowest BCUT2D eigenvalue weighted by molar-refractivity contribution is 0.0697. The van der Waals surface area contributed by atoms with Gasteiger partial charge in [-0.2, -0.15) is 5.10 Å². The van der Waals surface area contributed by atoms with Gasteiger partial charge in [0.1, 0.15) is 0 Å². The highest BCUT2D eigenvalue weighted by atomic mass is 16.4. The zero-order chi connectivity index (χ0) is 12.8. The van der Waals surface area contributed by atoms with Gasteiger partial charge in [-0.15, -0.1) is 0 Å². The number of carbonyl (C=O) groups is 1. The zero-order valence-electron chi connectivity index (χ0n) is 9.45. The number of pyridine rings is 1. The van der Waals surface area contributed by atoms with E-state index in [-0.39, 0.29) is 5.56 Å². The molecule has 0 aliphatic heterocycles. The zero-order valence-corrected chi connectivity index (χ0v) is 9.45. The lowest BCUT2D eigenvalue weighted by atomic mass is 10.2. The van der Waals surface area contributed by atoms with Crippen LogP contribution in [-0.2, 0) is 0 Å². The molecule has 0 aliphatic carbocycles. The first-order chi connectivity index (χ1) is 8.75. The van der Waals surface area contributed by atoms with Crippen molar-refractivity contribution < 1.29 is 9.90 Å². The van der Waals surface area contributed by atoms with E-state index in [1.54, 1.807) is 30.7 Å². The minimum Gasteiger partial charge on any atom is -0.478 e. The summed E-state index contributed by atoms with van der Waals surface area (Å²) in [6.45, 7) is 0. The van der Waals surface area contributed by atoms with Crippen LogP contribution in [0.15, 0.2) is 53.9 Å². The molecule has 0 saturated carbocycles. The van der Waals surface area contributed by atoms with Gasteiger partial charge in [0.2, 0.25) is 0 Å². The van der Waals surface area contributed by atoms with Crippen LogP contribution in [0.25, 0.3) is 0 Å². The summed E-state index contributed by atoms with van der Waals surface area (Å²) in [6.07, 6.45) is 5.02. The van der Waals surface area contributed by atoms with Crippen molar-refractivity contribution in [3.8, 4) is 0 Å². The van der Waals surface area contributed by atoms with Crippen molar-refractivity contribution in [2.45, 2.75) is 0 Å². The number of benzene rings is 1. The molecule has 0 aliphatic rings. The fourth-order valence-corrected chi connectivity index (χ4v) is 1.32. The van der Waals surface area contributed by atoms with Crippen LogP contribution in [-0.4, -0.2) is 22.3 Å². The number of aromatic nitrogens is 1. The first kappa shape index (κ1) is 11.8. The van der Waals surface area contributed by atoms with Crippen LogP contribution in [0.1, 0.15) is 15.9 Å². The Balaban J connectivity index is 1.98. The molecule has 0 bridgehead atoms. The summed E-state index contributed by atoms with van der Waals surface area (Å²) in [4.78, 5) is 14.6. The molecule has 0 amide bonds. The number of aromatic carboxylic acids is 1. The standard InChI is InChI=1S/C13H11N3O2/c17-13(18)11-3-5-12(6-4-11)16-15-9-10-2-1-7-14-8-10/h1-9,16H,(H,17,18). The fourth-order valence-electron chi connectivity index (χ4n) is 1.32. The second kappa shape index (κ2) is 5.58. The quantitative estimate of drug-likeness (QED) is 0.635. The van der Waals surface area contributed by atoms with E-state index in [2.05, 4.69) is 15.5 Å². The third kappa shape index (κ3) is 3.15. The largest absolute Gasteiger partial charge is 0.478 e. The van der Waals surface area contributed by atoms with Crippen LogP contribution >= 0.6 is 0 Å². The van der Waals surface area contributed by atoms with Gasteiger partial charge in [0, 0.05) is 18.0 Å². The molecule has 0 spiro atoms. The molecule has 1 aromatic carbocycles. The highest BCUT2D eigenvalue weighted by Gasteiger charge is 2.00. The average molecular weight is 241 g/mol. The van der Waals surface area contributed by atoms with Gasteiger partial charge in [-0.3, -0.25) is 10.4 Å². The number of rotatable bonds is 4.